The van der Waals surface area contributed by atoms with Crippen molar-refractivity contribution >= 4 is 17.8 Å². The van der Waals surface area contributed by atoms with Crippen LogP contribution in [0.5, 0.6) is 0 Å². The standard InChI is InChI=1S/C8H17N3.C4H5NO3/c1-5-10-6-11-8(4,9)7(2)3;6-3-1-2-4(7)5(3)8/h7H,5,9H2,1-4H3;8H,1-2H2. The Morgan fingerprint density at radius 1 is 1.42 bits per heavy atom. The maximum Gasteiger partial charge on any atom is 0.253 e. The highest BCUT2D eigenvalue weighted by molar-refractivity contribution is 6.00. The van der Waals surface area contributed by atoms with Crippen molar-refractivity contribution in [1.29, 1.82) is 0 Å². The molecule has 0 bridgehead atoms. The van der Waals surface area contributed by atoms with Gasteiger partial charge < -0.3 is 5.73 Å². The number of carbonyl (C=O) groups excluding carboxylic acids is 2. The minimum absolute atomic E-state index is 0.148. The maximum atomic E-state index is 10.2. The van der Waals surface area contributed by atoms with Gasteiger partial charge in [0, 0.05) is 19.4 Å². The van der Waals surface area contributed by atoms with Crippen LogP contribution in [0.1, 0.15) is 40.5 Å². The molecule has 0 saturated carbocycles. The van der Waals surface area contributed by atoms with E-state index in [2.05, 4.69) is 16.0 Å². The number of carbonyl (C=O) groups is 2. The molecule has 1 aliphatic rings. The molecule has 3 N–H and O–H groups in total. The number of amides is 2. The fourth-order valence-corrected chi connectivity index (χ4v) is 0.908. The van der Waals surface area contributed by atoms with E-state index < -0.39 is 17.5 Å². The molecule has 1 fully saturated rings. The van der Waals surface area contributed by atoms with E-state index in [1.165, 1.54) is 0 Å². The van der Waals surface area contributed by atoms with Gasteiger partial charge in [0.2, 0.25) is 0 Å². The monoisotopic (exact) mass is 270 g/mol. The van der Waals surface area contributed by atoms with E-state index in [1.807, 2.05) is 27.7 Å². The quantitative estimate of drug-likeness (QED) is 0.453. The molecule has 108 valence electrons. The second-order valence-corrected chi connectivity index (χ2v) is 4.67. The molecule has 1 saturated heterocycles. The van der Waals surface area contributed by atoms with Crippen LogP contribution in [0.3, 0.4) is 0 Å². The summed E-state index contributed by atoms with van der Waals surface area (Å²) in [4.78, 5) is 28.3. The first kappa shape index (κ1) is 17.4. The third-order valence-electron chi connectivity index (χ3n) is 2.71. The lowest BCUT2D eigenvalue weighted by Gasteiger charge is -2.21. The van der Waals surface area contributed by atoms with Gasteiger partial charge in [0.05, 0.1) is 6.01 Å². The minimum atomic E-state index is -0.529. The Balaban J connectivity index is 0.000000356. The van der Waals surface area contributed by atoms with Crippen LogP contribution in [-0.4, -0.2) is 40.3 Å². The second kappa shape index (κ2) is 7.78. The summed E-state index contributed by atoms with van der Waals surface area (Å²) in [5, 5.41) is 8.57. The van der Waals surface area contributed by atoms with Crippen molar-refractivity contribution in [1.82, 2.24) is 5.06 Å². The molecule has 0 radical (unpaired) electrons. The molecule has 0 aliphatic carbocycles. The fraction of sp³-hybridized carbons (Fsp3) is 0.750. The molecule has 0 aromatic heterocycles. The first-order chi connectivity index (χ1) is 8.72. The SMILES string of the molecule is CCN=C=NC(C)(N)C(C)C.O=C1CCC(=O)N1O. The molecule has 0 aromatic rings. The van der Waals surface area contributed by atoms with Crippen molar-refractivity contribution in [2.45, 2.75) is 46.2 Å². The molecule has 1 rings (SSSR count). The summed E-state index contributed by atoms with van der Waals surface area (Å²) in [5.74, 6) is -0.702. The van der Waals surface area contributed by atoms with Gasteiger partial charge in [-0.3, -0.25) is 14.8 Å². The predicted octanol–water partition coefficient (Wildman–Crippen LogP) is 1.04. The topological polar surface area (TPSA) is 108 Å². The molecule has 0 aromatic carbocycles. The highest BCUT2D eigenvalue weighted by Gasteiger charge is 2.26. The summed E-state index contributed by atoms with van der Waals surface area (Å²) in [7, 11) is 0. The summed E-state index contributed by atoms with van der Waals surface area (Å²) in [5.41, 5.74) is 5.28. The van der Waals surface area contributed by atoms with Gasteiger partial charge in [-0.2, -0.15) is 5.06 Å². The van der Waals surface area contributed by atoms with Crippen LogP contribution < -0.4 is 5.73 Å². The Morgan fingerprint density at radius 3 is 2.16 bits per heavy atom. The van der Waals surface area contributed by atoms with Crippen molar-refractivity contribution in [2.24, 2.45) is 21.6 Å². The van der Waals surface area contributed by atoms with Crippen LogP contribution in [-0.2, 0) is 9.59 Å². The third-order valence-corrected chi connectivity index (χ3v) is 2.71. The van der Waals surface area contributed by atoms with E-state index in [0.29, 0.717) is 12.5 Å². The van der Waals surface area contributed by atoms with Gasteiger partial charge in [0.15, 0.2) is 0 Å². The molecule has 7 nitrogen and oxygen atoms in total. The Bertz CT molecular complexity index is 368. The lowest BCUT2D eigenvalue weighted by Crippen LogP contribution is -2.39. The minimum Gasteiger partial charge on any atom is -0.307 e. The number of hydroxylamine groups is 2. The molecule has 1 atom stereocenters. The summed E-state index contributed by atoms with van der Waals surface area (Å²) in [6, 6.07) is 2.58. The normalized spacial score (nSPS) is 17.5. The van der Waals surface area contributed by atoms with E-state index in [4.69, 9.17) is 10.9 Å². The van der Waals surface area contributed by atoms with E-state index in [-0.39, 0.29) is 17.9 Å². The van der Waals surface area contributed by atoms with E-state index in [0.717, 1.165) is 0 Å². The molecule has 1 aliphatic heterocycles. The van der Waals surface area contributed by atoms with E-state index >= 15 is 0 Å². The molecule has 7 heteroatoms. The van der Waals surface area contributed by atoms with Gasteiger partial charge >= 0.3 is 0 Å². The molecule has 2 amide bonds. The smallest absolute Gasteiger partial charge is 0.253 e. The second-order valence-electron chi connectivity index (χ2n) is 4.67. The molecular formula is C12H22N4O3. The zero-order valence-corrected chi connectivity index (χ0v) is 11.9. The Morgan fingerprint density at radius 2 is 1.89 bits per heavy atom. The van der Waals surface area contributed by atoms with Gasteiger partial charge in [-0.1, -0.05) is 13.8 Å². The lowest BCUT2D eigenvalue weighted by molar-refractivity contribution is -0.171. The summed E-state index contributed by atoms with van der Waals surface area (Å²) in [6.07, 6.45) is 0.296. The zero-order chi connectivity index (χ0) is 15.1. The number of aliphatic imine (C=N–C) groups is 2. The highest BCUT2D eigenvalue weighted by Crippen LogP contribution is 2.12. The van der Waals surface area contributed by atoms with Gasteiger partial charge in [-0.15, -0.1) is 0 Å². The van der Waals surface area contributed by atoms with Crippen molar-refractivity contribution in [3.8, 4) is 0 Å². The fourth-order valence-electron chi connectivity index (χ4n) is 0.908. The van der Waals surface area contributed by atoms with Crippen LogP contribution in [0.4, 0.5) is 0 Å². The molecular weight excluding hydrogens is 248 g/mol. The van der Waals surface area contributed by atoms with Crippen LogP contribution in [0.15, 0.2) is 9.98 Å². The van der Waals surface area contributed by atoms with Crippen LogP contribution >= 0.6 is 0 Å². The van der Waals surface area contributed by atoms with Crippen molar-refractivity contribution in [2.75, 3.05) is 6.54 Å². The summed E-state index contributed by atoms with van der Waals surface area (Å²) in [6.45, 7) is 8.56. The molecule has 1 heterocycles. The largest absolute Gasteiger partial charge is 0.307 e. The summed E-state index contributed by atoms with van der Waals surface area (Å²) < 4.78 is 0. The number of hydrogen-bond donors (Lipinski definition) is 2. The van der Waals surface area contributed by atoms with Crippen LogP contribution in [0.25, 0.3) is 0 Å². The molecule has 1 unspecified atom stereocenters. The van der Waals surface area contributed by atoms with E-state index in [9.17, 15) is 9.59 Å². The predicted molar refractivity (Wildman–Crippen MR) is 70.7 cm³/mol. The van der Waals surface area contributed by atoms with Crippen LogP contribution in [0.2, 0.25) is 0 Å². The first-order valence-electron chi connectivity index (χ1n) is 6.19. The van der Waals surface area contributed by atoms with E-state index in [1.54, 1.807) is 0 Å². The number of nitrogens with zero attached hydrogens (tertiary/aromatic N) is 3. The number of imide groups is 1. The number of hydrogen-bond acceptors (Lipinski definition) is 6. The average molecular weight is 270 g/mol. The van der Waals surface area contributed by atoms with Crippen LogP contribution in [0, 0.1) is 5.92 Å². The van der Waals surface area contributed by atoms with Gasteiger partial charge in [0.1, 0.15) is 5.66 Å². The molecule has 19 heavy (non-hydrogen) atoms. The van der Waals surface area contributed by atoms with Crippen molar-refractivity contribution in [3.05, 3.63) is 0 Å². The Hall–Kier alpha value is -1.56. The number of rotatable bonds is 3. The molecule has 0 spiro atoms. The highest BCUT2D eigenvalue weighted by atomic mass is 16.5. The number of nitrogens with two attached hydrogens (primary N) is 1. The van der Waals surface area contributed by atoms with Gasteiger partial charge in [0.25, 0.3) is 11.8 Å². The maximum absolute atomic E-state index is 10.2. The lowest BCUT2D eigenvalue weighted by atomic mass is 10.0. The van der Waals surface area contributed by atoms with Gasteiger partial charge in [-0.25, -0.2) is 9.98 Å². The third kappa shape index (κ3) is 6.24. The Labute approximate surface area is 113 Å². The zero-order valence-electron chi connectivity index (χ0n) is 11.9. The average Bonchev–Trinajstić information content (AvgIpc) is 2.61. The van der Waals surface area contributed by atoms with Gasteiger partial charge in [-0.05, 0) is 19.8 Å². The van der Waals surface area contributed by atoms with Crippen molar-refractivity contribution < 1.29 is 14.8 Å². The first-order valence-corrected chi connectivity index (χ1v) is 6.19. The van der Waals surface area contributed by atoms with Crippen molar-refractivity contribution in [3.63, 3.8) is 0 Å². The summed E-state index contributed by atoms with van der Waals surface area (Å²) >= 11 is 0. The Kier molecular flexibility index (Phi) is 7.14.